The standard InChI is InChI=1S/C49H31N3/c1-3-28-50-44(8-1)46-30-41(31-47(52-46)45-9-2-4-29-51-45)36-16-14-34(15-17-36)32-10-12-33(13-11-32)35-18-20-37(21-19-35)42-26-24-40-23-22-38-6-5-7-39-25-27-43(42)49(40)48(38)39/h1-31H. The quantitative estimate of drug-likeness (QED) is 0.166. The molecule has 3 heteroatoms. The minimum absolute atomic E-state index is 0.822. The second-order valence-corrected chi connectivity index (χ2v) is 13.3. The fraction of sp³-hybridized carbons (Fsp3) is 0. The molecule has 0 N–H and O–H groups in total. The molecule has 7 aromatic carbocycles. The van der Waals surface area contributed by atoms with E-state index in [1.165, 1.54) is 65.7 Å². The topological polar surface area (TPSA) is 38.7 Å². The van der Waals surface area contributed by atoms with Crippen LogP contribution in [0.1, 0.15) is 0 Å². The monoisotopic (exact) mass is 661 g/mol. The Hall–Kier alpha value is -6.97. The van der Waals surface area contributed by atoms with Crippen LogP contribution in [0.3, 0.4) is 0 Å². The maximum atomic E-state index is 4.92. The summed E-state index contributed by atoms with van der Waals surface area (Å²) in [5.41, 5.74) is 12.7. The van der Waals surface area contributed by atoms with Crippen molar-refractivity contribution in [3.05, 3.63) is 188 Å². The summed E-state index contributed by atoms with van der Waals surface area (Å²) in [6, 6.07) is 62.7. The molecule has 3 aromatic heterocycles. The largest absolute Gasteiger partial charge is 0.255 e. The van der Waals surface area contributed by atoms with Crippen LogP contribution in [-0.4, -0.2) is 15.0 Å². The number of nitrogens with zero attached hydrogens (tertiary/aromatic N) is 3. The van der Waals surface area contributed by atoms with Gasteiger partial charge in [-0.1, -0.05) is 140 Å². The molecule has 0 atom stereocenters. The summed E-state index contributed by atoms with van der Waals surface area (Å²) in [5, 5.41) is 7.88. The molecule has 52 heavy (non-hydrogen) atoms. The first-order valence-electron chi connectivity index (χ1n) is 17.6. The maximum Gasteiger partial charge on any atom is 0.0900 e. The molecular weight excluding hydrogens is 631 g/mol. The summed E-state index contributed by atoms with van der Waals surface area (Å²) in [6.45, 7) is 0. The Kier molecular flexibility index (Phi) is 7.14. The Balaban J connectivity index is 0.923. The van der Waals surface area contributed by atoms with Crippen LogP contribution in [0.5, 0.6) is 0 Å². The van der Waals surface area contributed by atoms with E-state index in [4.69, 9.17) is 4.98 Å². The molecule has 0 spiro atoms. The third-order valence-electron chi connectivity index (χ3n) is 10.2. The zero-order valence-corrected chi connectivity index (χ0v) is 28.2. The Morgan fingerprint density at radius 2 is 0.731 bits per heavy atom. The van der Waals surface area contributed by atoms with Gasteiger partial charge in [0.25, 0.3) is 0 Å². The molecule has 3 heterocycles. The summed E-state index contributed by atoms with van der Waals surface area (Å²) < 4.78 is 0. The Morgan fingerprint density at radius 3 is 1.23 bits per heavy atom. The van der Waals surface area contributed by atoms with Gasteiger partial charge in [0.05, 0.1) is 22.8 Å². The molecule has 10 aromatic rings. The first-order valence-corrected chi connectivity index (χ1v) is 17.6. The number of benzene rings is 7. The summed E-state index contributed by atoms with van der Waals surface area (Å²) in [7, 11) is 0. The van der Waals surface area contributed by atoms with Crippen molar-refractivity contribution < 1.29 is 0 Å². The van der Waals surface area contributed by atoms with E-state index in [2.05, 4.69) is 149 Å². The highest BCUT2D eigenvalue weighted by Crippen LogP contribution is 2.40. The summed E-state index contributed by atoms with van der Waals surface area (Å²) in [4.78, 5) is 14.0. The molecule has 0 unspecified atom stereocenters. The summed E-state index contributed by atoms with van der Waals surface area (Å²) in [6.07, 6.45) is 3.60. The van der Waals surface area contributed by atoms with Crippen LogP contribution in [0, 0.1) is 0 Å². The van der Waals surface area contributed by atoms with Crippen LogP contribution in [0.4, 0.5) is 0 Å². The molecule has 10 rings (SSSR count). The van der Waals surface area contributed by atoms with Gasteiger partial charge in [-0.3, -0.25) is 9.97 Å². The van der Waals surface area contributed by atoms with Gasteiger partial charge in [0.15, 0.2) is 0 Å². The van der Waals surface area contributed by atoms with Crippen molar-refractivity contribution in [2.24, 2.45) is 0 Å². The fourth-order valence-corrected chi connectivity index (χ4v) is 7.53. The molecule has 0 saturated carbocycles. The fourth-order valence-electron chi connectivity index (χ4n) is 7.53. The number of rotatable bonds is 6. The van der Waals surface area contributed by atoms with Crippen LogP contribution in [0.25, 0.3) is 99.6 Å². The van der Waals surface area contributed by atoms with Gasteiger partial charge < -0.3 is 0 Å². The molecule has 0 radical (unpaired) electrons. The SMILES string of the molecule is c1ccc(-c2cc(-c3ccc(-c4ccc(-c5ccc(-c6ccc7ccc8cccc9ccc6c7c89)cc5)cc4)cc3)cc(-c3ccccn3)n2)nc1. The van der Waals surface area contributed by atoms with Crippen LogP contribution in [0.15, 0.2) is 188 Å². The van der Waals surface area contributed by atoms with E-state index >= 15 is 0 Å². The van der Waals surface area contributed by atoms with Gasteiger partial charge >= 0.3 is 0 Å². The highest BCUT2D eigenvalue weighted by atomic mass is 14.8. The van der Waals surface area contributed by atoms with Crippen molar-refractivity contribution in [3.8, 4) is 67.3 Å². The van der Waals surface area contributed by atoms with Crippen molar-refractivity contribution in [2.45, 2.75) is 0 Å². The van der Waals surface area contributed by atoms with E-state index in [0.717, 1.165) is 33.9 Å². The molecule has 0 bridgehead atoms. The third kappa shape index (κ3) is 5.28. The lowest BCUT2D eigenvalue weighted by molar-refractivity contribution is 1.22. The predicted molar refractivity (Wildman–Crippen MR) is 216 cm³/mol. The number of hydrogen-bond donors (Lipinski definition) is 0. The molecule has 0 amide bonds. The van der Waals surface area contributed by atoms with Crippen molar-refractivity contribution in [1.29, 1.82) is 0 Å². The van der Waals surface area contributed by atoms with E-state index in [1.54, 1.807) is 12.4 Å². The molecule has 0 aliphatic heterocycles. The maximum absolute atomic E-state index is 4.92. The minimum Gasteiger partial charge on any atom is -0.255 e. The van der Waals surface area contributed by atoms with Gasteiger partial charge in [0.2, 0.25) is 0 Å². The normalized spacial score (nSPS) is 11.5. The molecule has 0 aliphatic carbocycles. The van der Waals surface area contributed by atoms with Gasteiger partial charge in [-0.05, 0) is 113 Å². The van der Waals surface area contributed by atoms with Crippen LogP contribution in [-0.2, 0) is 0 Å². The Labute approximate surface area is 301 Å². The van der Waals surface area contributed by atoms with E-state index < -0.39 is 0 Å². The average Bonchev–Trinajstić information content (AvgIpc) is 3.23. The van der Waals surface area contributed by atoms with E-state index in [1.807, 2.05) is 36.4 Å². The number of hydrogen-bond acceptors (Lipinski definition) is 3. The van der Waals surface area contributed by atoms with Gasteiger partial charge in [-0.25, -0.2) is 4.98 Å². The predicted octanol–water partition coefficient (Wildman–Crippen LogP) is 12.8. The molecule has 0 fully saturated rings. The molecule has 0 aliphatic rings. The second kappa shape index (κ2) is 12.4. The van der Waals surface area contributed by atoms with E-state index in [9.17, 15) is 0 Å². The number of aromatic nitrogens is 3. The van der Waals surface area contributed by atoms with Crippen molar-refractivity contribution in [2.75, 3.05) is 0 Å². The van der Waals surface area contributed by atoms with Gasteiger partial charge in [0.1, 0.15) is 0 Å². The average molecular weight is 662 g/mol. The van der Waals surface area contributed by atoms with Crippen molar-refractivity contribution >= 4 is 32.3 Å². The molecule has 242 valence electrons. The lowest BCUT2D eigenvalue weighted by atomic mass is 9.89. The second-order valence-electron chi connectivity index (χ2n) is 13.3. The Morgan fingerprint density at radius 1 is 0.288 bits per heavy atom. The first-order chi connectivity index (χ1) is 25.7. The lowest BCUT2D eigenvalue weighted by Gasteiger charge is -2.14. The Bertz CT molecular complexity index is 2770. The smallest absolute Gasteiger partial charge is 0.0900 e. The highest BCUT2D eigenvalue weighted by Gasteiger charge is 2.13. The third-order valence-corrected chi connectivity index (χ3v) is 10.2. The molecule has 0 saturated heterocycles. The molecule has 3 nitrogen and oxygen atoms in total. The highest BCUT2D eigenvalue weighted by molar-refractivity contribution is 6.25. The summed E-state index contributed by atoms with van der Waals surface area (Å²) in [5.74, 6) is 0. The van der Waals surface area contributed by atoms with Crippen molar-refractivity contribution in [3.63, 3.8) is 0 Å². The van der Waals surface area contributed by atoms with Gasteiger partial charge in [-0.15, -0.1) is 0 Å². The lowest BCUT2D eigenvalue weighted by Crippen LogP contribution is -1.93. The van der Waals surface area contributed by atoms with E-state index in [-0.39, 0.29) is 0 Å². The summed E-state index contributed by atoms with van der Waals surface area (Å²) >= 11 is 0. The van der Waals surface area contributed by atoms with E-state index in [0.29, 0.717) is 0 Å². The van der Waals surface area contributed by atoms with Crippen LogP contribution in [0.2, 0.25) is 0 Å². The minimum atomic E-state index is 0.822. The number of pyridine rings is 3. The van der Waals surface area contributed by atoms with Crippen LogP contribution < -0.4 is 0 Å². The van der Waals surface area contributed by atoms with Crippen LogP contribution >= 0.6 is 0 Å². The van der Waals surface area contributed by atoms with Crippen molar-refractivity contribution in [1.82, 2.24) is 15.0 Å². The van der Waals surface area contributed by atoms with Gasteiger partial charge in [-0.2, -0.15) is 0 Å². The zero-order chi connectivity index (χ0) is 34.4. The first kappa shape index (κ1) is 29.9. The zero-order valence-electron chi connectivity index (χ0n) is 28.2. The molecular formula is C49H31N3. The van der Waals surface area contributed by atoms with Gasteiger partial charge in [0, 0.05) is 12.4 Å².